The summed E-state index contributed by atoms with van der Waals surface area (Å²) in [6.07, 6.45) is -2.27. The van der Waals surface area contributed by atoms with Crippen LogP contribution in [0.15, 0.2) is 72.9 Å². The number of fused-ring (bicyclic) bond motifs is 1. The number of carbonyl (C=O) groups excluding carboxylic acids is 1. The second-order valence-corrected chi connectivity index (χ2v) is 7.47. The fourth-order valence-corrected chi connectivity index (χ4v) is 3.48. The molecule has 1 aliphatic rings. The lowest BCUT2D eigenvalue weighted by atomic mass is 10.0. The quantitative estimate of drug-likeness (QED) is 0.411. The molecule has 4 aromatic rings. The molecule has 166 valence electrons. The SMILES string of the molecule is Cc1ccc(-c2nn(C(=O)Nc3ccc4c(c3)OC(F)(F)O4)cc2-c2cccc(F)c2)cc1. The fraction of sp³-hybridized carbons (Fsp3) is 0.0833. The van der Waals surface area contributed by atoms with Gasteiger partial charge in [0.1, 0.15) is 11.5 Å². The van der Waals surface area contributed by atoms with Gasteiger partial charge in [0.15, 0.2) is 11.5 Å². The normalized spacial score (nSPS) is 13.7. The molecule has 1 amide bonds. The van der Waals surface area contributed by atoms with Gasteiger partial charge in [0.2, 0.25) is 0 Å². The van der Waals surface area contributed by atoms with Crippen molar-refractivity contribution in [2.24, 2.45) is 0 Å². The van der Waals surface area contributed by atoms with Gasteiger partial charge in [-0.1, -0.05) is 42.0 Å². The van der Waals surface area contributed by atoms with Crippen molar-refractivity contribution in [3.63, 3.8) is 0 Å². The molecule has 0 unspecified atom stereocenters. The number of carbonyl (C=O) groups is 1. The van der Waals surface area contributed by atoms with Crippen molar-refractivity contribution in [2.45, 2.75) is 13.2 Å². The van der Waals surface area contributed by atoms with Crippen LogP contribution in [0.25, 0.3) is 22.4 Å². The first-order chi connectivity index (χ1) is 15.8. The molecular weight excluding hydrogens is 435 g/mol. The Morgan fingerprint density at radius 3 is 2.48 bits per heavy atom. The molecule has 5 rings (SSSR count). The molecule has 0 aliphatic carbocycles. The van der Waals surface area contributed by atoms with E-state index in [0.717, 1.165) is 15.8 Å². The van der Waals surface area contributed by atoms with Crippen LogP contribution in [-0.2, 0) is 0 Å². The third-order valence-electron chi connectivity index (χ3n) is 5.04. The van der Waals surface area contributed by atoms with Crippen LogP contribution in [0.4, 0.5) is 23.7 Å². The Bertz CT molecular complexity index is 1370. The standard InChI is InChI=1S/C24H16F3N3O3/c1-14-5-7-15(8-6-14)22-19(16-3-2-4-17(25)11-16)13-30(29-22)23(31)28-18-9-10-20-21(12-18)33-24(26,27)32-20/h2-13H,1H3,(H,28,31). The molecule has 0 spiro atoms. The number of rotatable bonds is 3. The number of nitrogens with zero attached hydrogens (tertiary/aromatic N) is 2. The molecule has 3 aromatic carbocycles. The summed E-state index contributed by atoms with van der Waals surface area (Å²) in [7, 11) is 0. The van der Waals surface area contributed by atoms with Crippen molar-refractivity contribution in [2.75, 3.05) is 5.32 Å². The number of aryl methyl sites for hydroxylation is 1. The molecule has 1 N–H and O–H groups in total. The minimum atomic E-state index is -3.75. The number of amides is 1. The van der Waals surface area contributed by atoms with E-state index in [1.165, 1.54) is 36.5 Å². The Morgan fingerprint density at radius 1 is 0.970 bits per heavy atom. The molecule has 0 atom stereocenters. The summed E-state index contributed by atoms with van der Waals surface area (Å²) in [5.41, 5.74) is 3.60. The van der Waals surface area contributed by atoms with E-state index in [2.05, 4.69) is 19.9 Å². The summed E-state index contributed by atoms with van der Waals surface area (Å²) in [4.78, 5) is 12.9. The first-order valence-corrected chi connectivity index (χ1v) is 9.91. The Labute approximate surface area is 186 Å². The first-order valence-electron chi connectivity index (χ1n) is 9.91. The van der Waals surface area contributed by atoms with Crippen molar-refractivity contribution in [3.05, 3.63) is 84.3 Å². The van der Waals surface area contributed by atoms with E-state index in [4.69, 9.17) is 0 Å². The summed E-state index contributed by atoms with van der Waals surface area (Å²) < 4.78 is 50.2. The number of aromatic nitrogens is 2. The summed E-state index contributed by atoms with van der Waals surface area (Å²) in [5, 5.41) is 7.00. The second kappa shape index (κ2) is 7.70. The van der Waals surface area contributed by atoms with Gasteiger partial charge in [-0.3, -0.25) is 0 Å². The van der Waals surface area contributed by atoms with Crippen LogP contribution in [0.5, 0.6) is 11.5 Å². The highest BCUT2D eigenvalue weighted by Crippen LogP contribution is 2.42. The maximum Gasteiger partial charge on any atom is 0.586 e. The van der Waals surface area contributed by atoms with E-state index in [-0.39, 0.29) is 17.2 Å². The van der Waals surface area contributed by atoms with Crippen LogP contribution in [0.3, 0.4) is 0 Å². The highest BCUT2D eigenvalue weighted by molar-refractivity contribution is 5.93. The fourth-order valence-electron chi connectivity index (χ4n) is 3.48. The number of ether oxygens (including phenoxy) is 2. The molecule has 0 saturated heterocycles. The van der Waals surface area contributed by atoms with Crippen molar-refractivity contribution in [1.82, 2.24) is 9.78 Å². The molecule has 33 heavy (non-hydrogen) atoms. The monoisotopic (exact) mass is 451 g/mol. The maximum atomic E-state index is 13.9. The van der Waals surface area contributed by atoms with Crippen LogP contribution in [0.1, 0.15) is 5.56 Å². The smallest absolute Gasteiger partial charge is 0.395 e. The van der Waals surface area contributed by atoms with Gasteiger partial charge in [0.05, 0.1) is 0 Å². The molecule has 0 bridgehead atoms. The average molecular weight is 451 g/mol. The minimum Gasteiger partial charge on any atom is -0.395 e. The van der Waals surface area contributed by atoms with Crippen molar-refractivity contribution < 1.29 is 27.4 Å². The van der Waals surface area contributed by atoms with E-state index in [9.17, 15) is 18.0 Å². The van der Waals surface area contributed by atoms with Crippen LogP contribution < -0.4 is 14.8 Å². The molecular formula is C24H16F3N3O3. The number of hydrogen-bond acceptors (Lipinski definition) is 4. The predicted molar refractivity (Wildman–Crippen MR) is 115 cm³/mol. The average Bonchev–Trinajstić information content (AvgIpc) is 3.34. The van der Waals surface area contributed by atoms with Gasteiger partial charge in [-0.15, -0.1) is 8.78 Å². The van der Waals surface area contributed by atoms with E-state index in [1.807, 2.05) is 31.2 Å². The Hall–Kier alpha value is -4.27. The van der Waals surface area contributed by atoms with E-state index in [0.29, 0.717) is 16.8 Å². The Morgan fingerprint density at radius 2 is 1.73 bits per heavy atom. The van der Waals surface area contributed by atoms with Gasteiger partial charge in [-0.25, -0.2) is 9.18 Å². The third kappa shape index (κ3) is 4.12. The summed E-state index contributed by atoms with van der Waals surface area (Å²) >= 11 is 0. The minimum absolute atomic E-state index is 0.132. The zero-order valence-electron chi connectivity index (χ0n) is 17.2. The van der Waals surface area contributed by atoms with E-state index >= 15 is 0 Å². The predicted octanol–water partition coefficient (Wildman–Crippen LogP) is 6.07. The van der Waals surface area contributed by atoms with Crippen molar-refractivity contribution in [3.8, 4) is 33.9 Å². The zero-order chi connectivity index (χ0) is 23.2. The van der Waals surface area contributed by atoms with E-state index < -0.39 is 18.1 Å². The molecule has 1 aliphatic heterocycles. The number of hydrogen-bond donors (Lipinski definition) is 1. The van der Waals surface area contributed by atoms with Gasteiger partial charge in [0.25, 0.3) is 0 Å². The number of benzene rings is 3. The molecule has 9 heteroatoms. The maximum absolute atomic E-state index is 13.9. The number of halogens is 3. The van der Waals surface area contributed by atoms with Gasteiger partial charge < -0.3 is 14.8 Å². The van der Waals surface area contributed by atoms with Gasteiger partial charge in [0, 0.05) is 29.1 Å². The lowest BCUT2D eigenvalue weighted by molar-refractivity contribution is -0.286. The molecule has 2 heterocycles. The molecule has 1 aromatic heterocycles. The van der Waals surface area contributed by atoms with E-state index in [1.54, 1.807) is 12.1 Å². The van der Waals surface area contributed by atoms with Crippen LogP contribution >= 0.6 is 0 Å². The molecule has 0 radical (unpaired) electrons. The van der Waals surface area contributed by atoms with Crippen LogP contribution in [0, 0.1) is 12.7 Å². The Balaban J connectivity index is 1.49. The van der Waals surface area contributed by atoms with Gasteiger partial charge in [-0.2, -0.15) is 9.78 Å². The lowest BCUT2D eigenvalue weighted by Crippen LogP contribution is -2.25. The largest absolute Gasteiger partial charge is 0.586 e. The second-order valence-electron chi connectivity index (χ2n) is 7.47. The molecule has 0 saturated carbocycles. The first kappa shape index (κ1) is 20.6. The highest BCUT2D eigenvalue weighted by Gasteiger charge is 2.43. The van der Waals surface area contributed by atoms with Gasteiger partial charge in [-0.05, 0) is 36.8 Å². The summed E-state index contributed by atoms with van der Waals surface area (Å²) in [6, 6.07) is 16.8. The number of anilines is 1. The molecule has 6 nitrogen and oxygen atoms in total. The van der Waals surface area contributed by atoms with Crippen LogP contribution in [0.2, 0.25) is 0 Å². The molecule has 0 fully saturated rings. The Kier molecular flexibility index (Phi) is 4.81. The topological polar surface area (TPSA) is 65.4 Å². The van der Waals surface area contributed by atoms with Crippen molar-refractivity contribution >= 4 is 11.7 Å². The van der Waals surface area contributed by atoms with Gasteiger partial charge >= 0.3 is 12.3 Å². The zero-order valence-corrected chi connectivity index (χ0v) is 17.2. The van der Waals surface area contributed by atoms with Crippen molar-refractivity contribution in [1.29, 1.82) is 0 Å². The summed E-state index contributed by atoms with van der Waals surface area (Å²) in [6.45, 7) is 1.95. The lowest BCUT2D eigenvalue weighted by Gasteiger charge is -2.05. The number of alkyl halides is 2. The highest BCUT2D eigenvalue weighted by atomic mass is 19.3. The third-order valence-corrected chi connectivity index (χ3v) is 5.04. The summed E-state index contributed by atoms with van der Waals surface area (Å²) in [5.74, 6) is -0.747. The number of nitrogens with one attached hydrogen (secondary N) is 1. The van der Waals surface area contributed by atoms with Crippen LogP contribution in [-0.4, -0.2) is 22.1 Å².